The molecule has 0 unspecified atom stereocenters. The molecule has 20 heavy (non-hydrogen) atoms. The average molecular weight is 284 g/mol. The maximum Gasteiger partial charge on any atom is 0.315 e. The quantitative estimate of drug-likeness (QED) is 0.810. The van der Waals surface area contributed by atoms with Crippen LogP contribution in [0, 0.1) is 24.4 Å². The molecule has 0 saturated heterocycles. The van der Waals surface area contributed by atoms with E-state index in [1.54, 1.807) is 6.92 Å². The Balaban J connectivity index is 2.42. The summed E-state index contributed by atoms with van der Waals surface area (Å²) in [5, 5.41) is 0. The van der Waals surface area contributed by atoms with Gasteiger partial charge in [0.05, 0.1) is 13.3 Å². The van der Waals surface area contributed by atoms with Gasteiger partial charge < -0.3 is 9.30 Å². The fourth-order valence-corrected chi connectivity index (χ4v) is 1.75. The van der Waals surface area contributed by atoms with Crippen LogP contribution in [0.1, 0.15) is 11.4 Å². The lowest BCUT2D eigenvalue weighted by atomic mass is 10.2. The van der Waals surface area contributed by atoms with Crippen LogP contribution in [0.2, 0.25) is 0 Å². The Hall–Kier alpha value is -2.31. The van der Waals surface area contributed by atoms with E-state index in [1.165, 1.54) is 17.9 Å². The van der Waals surface area contributed by atoms with E-state index in [0.29, 0.717) is 5.82 Å². The molecule has 7 heteroatoms. The van der Waals surface area contributed by atoms with Gasteiger partial charge in [-0.3, -0.25) is 4.79 Å². The van der Waals surface area contributed by atoms with Crippen LogP contribution in [0.15, 0.2) is 23.1 Å². The zero-order chi connectivity index (χ0) is 14.9. The summed E-state index contributed by atoms with van der Waals surface area (Å²) in [6.45, 7) is 1.60. The SMILES string of the molecule is COc1cn(Cc2cc(F)c(F)c(F)c2)c(C)nc1=O. The third-order valence-electron chi connectivity index (χ3n) is 2.78. The molecule has 0 atom stereocenters. The van der Waals surface area contributed by atoms with Crippen molar-refractivity contribution in [3.05, 3.63) is 57.5 Å². The van der Waals surface area contributed by atoms with Crippen molar-refractivity contribution in [1.29, 1.82) is 0 Å². The zero-order valence-corrected chi connectivity index (χ0v) is 10.8. The van der Waals surface area contributed by atoms with Gasteiger partial charge in [-0.15, -0.1) is 0 Å². The summed E-state index contributed by atoms with van der Waals surface area (Å²) in [5.41, 5.74) is -0.324. The monoisotopic (exact) mass is 284 g/mol. The van der Waals surface area contributed by atoms with Gasteiger partial charge in [0, 0.05) is 6.54 Å². The van der Waals surface area contributed by atoms with Gasteiger partial charge >= 0.3 is 5.56 Å². The number of nitrogens with zero attached hydrogens (tertiary/aromatic N) is 2. The van der Waals surface area contributed by atoms with E-state index >= 15 is 0 Å². The molecule has 0 bridgehead atoms. The topological polar surface area (TPSA) is 44.1 Å². The van der Waals surface area contributed by atoms with Gasteiger partial charge in [0.1, 0.15) is 5.82 Å². The lowest BCUT2D eigenvalue weighted by Gasteiger charge is -2.11. The second kappa shape index (κ2) is 5.36. The lowest BCUT2D eigenvalue weighted by molar-refractivity contribution is 0.400. The fourth-order valence-electron chi connectivity index (χ4n) is 1.75. The Bertz CT molecular complexity index is 690. The van der Waals surface area contributed by atoms with Gasteiger partial charge in [-0.05, 0) is 24.6 Å². The van der Waals surface area contributed by atoms with Crippen molar-refractivity contribution in [3.8, 4) is 5.75 Å². The first-order valence-electron chi connectivity index (χ1n) is 5.68. The highest BCUT2D eigenvalue weighted by molar-refractivity contribution is 5.21. The molecule has 1 aromatic carbocycles. The molecular formula is C13H11F3N2O2. The first-order chi connectivity index (χ1) is 9.42. The number of aromatic nitrogens is 2. The predicted octanol–water partition coefficient (Wildman–Crippen LogP) is 2.03. The number of rotatable bonds is 3. The van der Waals surface area contributed by atoms with E-state index in [2.05, 4.69) is 4.98 Å². The highest BCUT2D eigenvalue weighted by Gasteiger charge is 2.12. The van der Waals surface area contributed by atoms with Gasteiger partial charge in [0.2, 0.25) is 5.75 Å². The second-order valence-corrected chi connectivity index (χ2v) is 4.16. The number of benzene rings is 1. The molecule has 2 aromatic rings. The van der Waals surface area contributed by atoms with Crippen molar-refractivity contribution in [2.24, 2.45) is 0 Å². The molecule has 0 aliphatic carbocycles. The van der Waals surface area contributed by atoms with Crippen molar-refractivity contribution in [2.45, 2.75) is 13.5 Å². The van der Waals surface area contributed by atoms with Crippen molar-refractivity contribution < 1.29 is 17.9 Å². The van der Waals surface area contributed by atoms with Crippen molar-refractivity contribution >= 4 is 0 Å². The fraction of sp³-hybridized carbons (Fsp3) is 0.231. The third kappa shape index (κ3) is 2.66. The zero-order valence-electron chi connectivity index (χ0n) is 10.8. The Labute approximate surface area is 112 Å². The maximum absolute atomic E-state index is 13.1. The van der Waals surface area contributed by atoms with Gasteiger partial charge in [-0.25, -0.2) is 13.2 Å². The Morgan fingerprint density at radius 2 is 1.85 bits per heavy atom. The molecule has 0 amide bonds. The van der Waals surface area contributed by atoms with Crippen molar-refractivity contribution in [2.75, 3.05) is 7.11 Å². The number of hydrogen-bond acceptors (Lipinski definition) is 3. The van der Waals surface area contributed by atoms with Crippen LogP contribution in [-0.4, -0.2) is 16.7 Å². The van der Waals surface area contributed by atoms with E-state index in [1.807, 2.05) is 0 Å². The Kier molecular flexibility index (Phi) is 3.78. The summed E-state index contributed by atoms with van der Waals surface area (Å²) in [6.07, 6.45) is 1.38. The second-order valence-electron chi connectivity index (χ2n) is 4.16. The van der Waals surface area contributed by atoms with Crippen LogP contribution in [0.3, 0.4) is 0 Å². The number of halogens is 3. The normalized spacial score (nSPS) is 10.7. The van der Waals surface area contributed by atoms with E-state index < -0.39 is 23.0 Å². The minimum atomic E-state index is -1.51. The van der Waals surface area contributed by atoms with E-state index in [0.717, 1.165) is 12.1 Å². The highest BCUT2D eigenvalue weighted by atomic mass is 19.2. The van der Waals surface area contributed by atoms with Crippen molar-refractivity contribution in [1.82, 2.24) is 9.55 Å². The minimum absolute atomic E-state index is 0.0126. The van der Waals surface area contributed by atoms with Crippen LogP contribution in [0.4, 0.5) is 13.2 Å². The van der Waals surface area contributed by atoms with Gasteiger partial charge in [-0.2, -0.15) is 4.98 Å². The average Bonchev–Trinajstić information content (AvgIpc) is 2.39. The standard InChI is InChI=1S/C13H11F3N2O2/c1-7-17-13(19)11(20-2)6-18(7)5-8-3-9(14)12(16)10(15)4-8/h3-4,6H,5H2,1-2H3. The molecule has 2 rings (SSSR count). The minimum Gasteiger partial charge on any atom is -0.490 e. The smallest absolute Gasteiger partial charge is 0.315 e. The molecule has 0 N–H and O–H groups in total. The molecule has 1 heterocycles. The van der Waals surface area contributed by atoms with Gasteiger partial charge in [-0.1, -0.05) is 0 Å². The van der Waals surface area contributed by atoms with Crippen LogP contribution in [0.5, 0.6) is 5.75 Å². The number of methoxy groups -OCH3 is 1. The molecule has 106 valence electrons. The van der Waals surface area contributed by atoms with Crippen LogP contribution in [0.25, 0.3) is 0 Å². The first kappa shape index (κ1) is 14.1. The van der Waals surface area contributed by atoms with E-state index in [9.17, 15) is 18.0 Å². The molecule has 0 fully saturated rings. The van der Waals surface area contributed by atoms with Gasteiger partial charge in [0.15, 0.2) is 17.5 Å². The molecule has 0 saturated carbocycles. The Morgan fingerprint density at radius 3 is 2.40 bits per heavy atom. The maximum atomic E-state index is 13.1. The lowest BCUT2D eigenvalue weighted by Crippen LogP contribution is -2.17. The number of hydrogen-bond donors (Lipinski definition) is 0. The molecule has 1 aromatic heterocycles. The predicted molar refractivity (Wildman–Crippen MR) is 65.2 cm³/mol. The summed E-state index contributed by atoms with van der Waals surface area (Å²) >= 11 is 0. The van der Waals surface area contributed by atoms with E-state index in [-0.39, 0.29) is 17.9 Å². The molecule has 0 aliphatic heterocycles. The molecular weight excluding hydrogens is 273 g/mol. The summed E-state index contributed by atoms with van der Waals surface area (Å²) in [6, 6.07) is 1.78. The molecule has 4 nitrogen and oxygen atoms in total. The van der Waals surface area contributed by atoms with E-state index in [4.69, 9.17) is 4.74 Å². The largest absolute Gasteiger partial charge is 0.490 e. The summed E-state index contributed by atoms with van der Waals surface area (Å²) in [5.74, 6) is -3.68. The van der Waals surface area contributed by atoms with Gasteiger partial charge in [0.25, 0.3) is 0 Å². The highest BCUT2D eigenvalue weighted by Crippen LogP contribution is 2.15. The Morgan fingerprint density at radius 1 is 1.25 bits per heavy atom. The summed E-state index contributed by atoms with van der Waals surface area (Å²) in [7, 11) is 1.31. The van der Waals surface area contributed by atoms with Crippen LogP contribution in [-0.2, 0) is 6.54 Å². The third-order valence-corrected chi connectivity index (χ3v) is 2.78. The molecule has 0 radical (unpaired) electrons. The first-order valence-corrected chi connectivity index (χ1v) is 5.68. The van der Waals surface area contributed by atoms with Crippen LogP contribution < -0.4 is 10.3 Å². The number of aryl methyl sites for hydroxylation is 1. The van der Waals surface area contributed by atoms with Crippen LogP contribution >= 0.6 is 0 Å². The molecule has 0 aliphatic rings. The van der Waals surface area contributed by atoms with Crippen molar-refractivity contribution in [3.63, 3.8) is 0 Å². The summed E-state index contributed by atoms with van der Waals surface area (Å²) in [4.78, 5) is 15.1. The number of ether oxygens (including phenoxy) is 1. The molecule has 0 spiro atoms. The summed E-state index contributed by atoms with van der Waals surface area (Å²) < 4.78 is 45.5.